The Labute approximate surface area is 190 Å². The second-order valence-electron chi connectivity index (χ2n) is 9.66. The van der Waals surface area contributed by atoms with Gasteiger partial charge in [-0.3, -0.25) is 0 Å². The molecule has 0 saturated heterocycles. The van der Waals surface area contributed by atoms with Crippen LogP contribution in [-0.4, -0.2) is 25.8 Å². The molecule has 0 unspecified atom stereocenters. The Morgan fingerprint density at radius 3 is 2.42 bits per heavy atom. The van der Waals surface area contributed by atoms with E-state index in [0.717, 1.165) is 23.8 Å². The Bertz CT molecular complexity index is 915. The Morgan fingerprint density at radius 2 is 1.77 bits per heavy atom. The molecule has 6 heteroatoms. The number of thiophene rings is 1. The van der Waals surface area contributed by atoms with Gasteiger partial charge in [0.1, 0.15) is 19.7 Å². The largest absolute Gasteiger partial charge is 0.392 e. The molecule has 0 bridgehead atoms. The zero-order chi connectivity index (χ0) is 22.5. The number of aryl methyl sites for hydroxylation is 1. The van der Waals surface area contributed by atoms with E-state index in [9.17, 15) is 13.9 Å². The Balaban J connectivity index is 1.64. The van der Waals surface area contributed by atoms with Crippen molar-refractivity contribution in [2.24, 2.45) is 0 Å². The fourth-order valence-electron chi connectivity index (χ4n) is 4.08. The predicted molar refractivity (Wildman–Crippen MR) is 128 cm³/mol. The van der Waals surface area contributed by atoms with Gasteiger partial charge in [0.2, 0.25) is 0 Å². The minimum atomic E-state index is -1.41. The van der Waals surface area contributed by atoms with Crippen molar-refractivity contribution in [1.82, 2.24) is 5.32 Å². The summed E-state index contributed by atoms with van der Waals surface area (Å²) in [5.41, 5.74) is 3.90. The molecule has 1 aliphatic rings. The topological polar surface area (TPSA) is 32.3 Å². The fourth-order valence-corrected chi connectivity index (χ4v) is 5.76. The maximum atomic E-state index is 13.4. The van der Waals surface area contributed by atoms with Crippen LogP contribution in [0, 0.1) is 23.1 Å². The summed E-state index contributed by atoms with van der Waals surface area (Å²) in [6.45, 7) is 7.21. The Kier molecular flexibility index (Phi) is 8.09. The molecule has 1 aliphatic carbocycles. The minimum absolute atomic E-state index is 0.117. The highest BCUT2D eigenvalue weighted by atomic mass is 32.1. The average Bonchev–Trinajstić information content (AvgIpc) is 3.19. The number of halogens is 2. The number of benzene rings is 1. The van der Waals surface area contributed by atoms with Crippen LogP contribution in [0.2, 0.25) is 19.6 Å². The molecule has 2 N–H and O–H groups in total. The molecule has 2 aromatic rings. The van der Waals surface area contributed by atoms with Gasteiger partial charge in [-0.25, -0.2) is 8.78 Å². The lowest BCUT2D eigenvalue weighted by molar-refractivity contribution is 0.133. The first-order chi connectivity index (χ1) is 14.7. The predicted octanol–water partition coefficient (Wildman–Crippen LogP) is 6.00. The SMILES string of the molecule is C[Si](C)(C)C#Cc1ccc(C2(NC[C@@H](O)CCc3cc(F)cc(F)c3)CCCCC2)s1. The Morgan fingerprint density at radius 1 is 1.10 bits per heavy atom. The van der Waals surface area contributed by atoms with Crippen molar-refractivity contribution in [3.05, 3.63) is 57.3 Å². The third-order valence-electron chi connectivity index (χ3n) is 5.71. The molecule has 1 aromatic heterocycles. The quantitative estimate of drug-likeness (QED) is 0.392. The molecule has 1 heterocycles. The van der Waals surface area contributed by atoms with Crippen molar-refractivity contribution in [1.29, 1.82) is 0 Å². The number of hydrogen-bond acceptors (Lipinski definition) is 3. The lowest BCUT2D eigenvalue weighted by atomic mass is 9.80. The molecular formula is C25H33F2NOSSi. The van der Waals surface area contributed by atoms with Crippen LogP contribution in [0.25, 0.3) is 0 Å². The van der Waals surface area contributed by atoms with Crippen molar-refractivity contribution in [2.75, 3.05) is 6.54 Å². The van der Waals surface area contributed by atoms with Crippen LogP contribution in [0.15, 0.2) is 30.3 Å². The van der Waals surface area contributed by atoms with Gasteiger partial charge in [0, 0.05) is 17.5 Å². The normalized spacial score (nSPS) is 17.1. The summed E-state index contributed by atoms with van der Waals surface area (Å²) in [6.07, 6.45) is 6.01. The molecule has 1 saturated carbocycles. The maximum Gasteiger partial charge on any atom is 0.129 e. The van der Waals surface area contributed by atoms with E-state index in [0.29, 0.717) is 24.9 Å². The van der Waals surface area contributed by atoms with Crippen LogP contribution in [-0.2, 0) is 12.0 Å². The van der Waals surface area contributed by atoms with Crippen molar-refractivity contribution in [2.45, 2.75) is 76.2 Å². The summed E-state index contributed by atoms with van der Waals surface area (Å²) in [5.74, 6) is 2.22. The van der Waals surface area contributed by atoms with Gasteiger partial charge in [-0.1, -0.05) is 44.8 Å². The first-order valence-electron chi connectivity index (χ1n) is 11.2. The van der Waals surface area contributed by atoms with Crippen LogP contribution in [0.3, 0.4) is 0 Å². The average molecular weight is 462 g/mol. The highest BCUT2D eigenvalue weighted by Crippen LogP contribution is 2.40. The minimum Gasteiger partial charge on any atom is -0.392 e. The van der Waals surface area contributed by atoms with Crippen molar-refractivity contribution in [3.63, 3.8) is 0 Å². The van der Waals surface area contributed by atoms with E-state index in [2.05, 4.69) is 48.6 Å². The molecule has 2 nitrogen and oxygen atoms in total. The summed E-state index contributed by atoms with van der Waals surface area (Å²) < 4.78 is 26.8. The summed E-state index contributed by atoms with van der Waals surface area (Å²) in [4.78, 5) is 2.41. The van der Waals surface area contributed by atoms with E-state index < -0.39 is 25.8 Å². The van der Waals surface area contributed by atoms with E-state index >= 15 is 0 Å². The van der Waals surface area contributed by atoms with Crippen molar-refractivity contribution >= 4 is 19.4 Å². The van der Waals surface area contributed by atoms with Crippen LogP contribution in [0.5, 0.6) is 0 Å². The smallest absolute Gasteiger partial charge is 0.129 e. The Hall–Kier alpha value is -1.52. The van der Waals surface area contributed by atoms with Crippen LogP contribution >= 0.6 is 11.3 Å². The molecule has 31 heavy (non-hydrogen) atoms. The van der Waals surface area contributed by atoms with Gasteiger partial charge < -0.3 is 10.4 Å². The molecule has 1 atom stereocenters. The van der Waals surface area contributed by atoms with E-state index in [1.54, 1.807) is 11.3 Å². The van der Waals surface area contributed by atoms with Gasteiger partial charge in [-0.2, -0.15) is 0 Å². The zero-order valence-corrected chi connectivity index (χ0v) is 20.5. The summed E-state index contributed by atoms with van der Waals surface area (Å²) >= 11 is 1.77. The first-order valence-corrected chi connectivity index (χ1v) is 15.5. The van der Waals surface area contributed by atoms with Gasteiger partial charge in [0.05, 0.1) is 16.5 Å². The van der Waals surface area contributed by atoms with Crippen LogP contribution < -0.4 is 5.32 Å². The third kappa shape index (κ3) is 7.25. The highest BCUT2D eigenvalue weighted by molar-refractivity contribution is 7.12. The number of aliphatic hydroxyl groups excluding tert-OH is 1. The summed E-state index contributed by atoms with van der Waals surface area (Å²) in [5, 5.41) is 14.2. The van der Waals surface area contributed by atoms with Crippen molar-refractivity contribution in [3.8, 4) is 11.5 Å². The van der Waals surface area contributed by atoms with Crippen molar-refractivity contribution < 1.29 is 13.9 Å². The second-order valence-corrected chi connectivity index (χ2v) is 15.5. The number of hydrogen-bond donors (Lipinski definition) is 2. The molecule has 3 rings (SSSR count). The third-order valence-corrected chi connectivity index (χ3v) is 7.79. The number of nitrogens with one attached hydrogen (secondary N) is 1. The monoisotopic (exact) mass is 461 g/mol. The van der Waals surface area contributed by atoms with Crippen LogP contribution in [0.4, 0.5) is 8.78 Å². The second kappa shape index (κ2) is 10.4. The van der Waals surface area contributed by atoms with Gasteiger partial charge in [-0.05, 0) is 55.5 Å². The van der Waals surface area contributed by atoms with Gasteiger partial charge in [0.25, 0.3) is 0 Å². The standard InChI is InChI=1S/C25H33F2NOSSi/c1-31(2,3)14-11-23-9-10-24(30-23)25(12-5-4-6-13-25)28-18-22(29)8-7-19-15-20(26)17-21(27)16-19/h9-10,15-17,22,28-29H,4-8,12-13,18H2,1-3H3/t22-/m0/s1. The van der Waals surface area contributed by atoms with Gasteiger partial charge in [-0.15, -0.1) is 16.9 Å². The van der Waals surface area contributed by atoms with E-state index in [4.69, 9.17) is 0 Å². The van der Waals surface area contributed by atoms with E-state index in [-0.39, 0.29) is 5.54 Å². The maximum absolute atomic E-state index is 13.4. The number of rotatable bonds is 7. The van der Waals surface area contributed by atoms with E-state index in [1.807, 2.05) is 0 Å². The lowest BCUT2D eigenvalue weighted by Gasteiger charge is -2.38. The van der Waals surface area contributed by atoms with Gasteiger partial charge >= 0.3 is 0 Å². The molecule has 1 fully saturated rings. The fraction of sp³-hybridized carbons (Fsp3) is 0.520. The molecular weight excluding hydrogens is 428 g/mol. The number of aliphatic hydroxyl groups is 1. The molecule has 168 valence electrons. The van der Waals surface area contributed by atoms with Crippen LogP contribution in [0.1, 0.15) is 53.8 Å². The van der Waals surface area contributed by atoms with Gasteiger partial charge in [0.15, 0.2) is 0 Å². The lowest BCUT2D eigenvalue weighted by Crippen LogP contribution is -2.46. The first kappa shape index (κ1) is 24.1. The molecule has 0 spiro atoms. The molecule has 1 aromatic carbocycles. The zero-order valence-electron chi connectivity index (χ0n) is 18.7. The molecule has 0 amide bonds. The summed E-state index contributed by atoms with van der Waals surface area (Å²) in [6, 6.07) is 7.86. The highest BCUT2D eigenvalue weighted by Gasteiger charge is 2.35. The summed E-state index contributed by atoms with van der Waals surface area (Å²) in [7, 11) is -1.41. The molecule has 0 aliphatic heterocycles. The molecule has 0 radical (unpaired) electrons. The van der Waals surface area contributed by atoms with E-state index in [1.165, 1.54) is 36.3 Å².